The molecule has 15 heteroatoms. The fourth-order valence-electron chi connectivity index (χ4n) is 3.39. The third-order valence-electron chi connectivity index (χ3n) is 5.09. The maximum atomic E-state index is 14.4. The fraction of sp³-hybridized carbons (Fsp3) is 0.200. The van der Waals surface area contributed by atoms with E-state index in [-0.39, 0.29) is 27.4 Å². The summed E-state index contributed by atoms with van der Waals surface area (Å²) in [5.74, 6) is -4.30. The molecular weight excluding hydrogens is 499 g/mol. The van der Waals surface area contributed by atoms with Gasteiger partial charge in [0, 0.05) is 25.0 Å². The molecule has 4 aromatic rings. The molecule has 0 unspecified atom stereocenters. The van der Waals surface area contributed by atoms with Gasteiger partial charge in [-0.05, 0) is 12.1 Å². The molecule has 35 heavy (non-hydrogen) atoms. The molecule has 1 amide bonds. The highest BCUT2D eigenvalue weighted by molar-refractivity contribution is 7.14. The third-order valence-corrected chi connectivity index (χ3v) is 5.84. The molecule has 182 valence electrons. The minimum atomic E-state index is -5.25. The van der Waals surface area contributed by atoms with Crippen LogP contribution in [0.1, 0.15) is 11.3 Å². The number of halogens is 5. The predicted octanol–water partition coefficient (Wildman–Crippen LogP) is 2.63. The van der Waals surface area contributed by atoms with Gasteiger partial charge in [-0.1, -0.05) is 0 Å². The maximum Gasteiger partial charge on any atom is 0.422 e. The summed E-state index contributed by atoms with van der Waals surface area (Å²) >= 11 is 0.791. The Morgan fingerprint density at radius 2 is 1.86 bits per heavy atom. The van der Waals surface area contributed by atoms with Crippen LogP contribution in [0.3, 0.4) is 0 Å². The Morgan fingerprint density at radius 1 is 1.14 bits per heavy atom. The molecule has 0 atom stereocenters. The van der Waals surface area contributed by atoms with Gasteiger partial charge in [-0.3, -0.25) is 18.7 Å². The van der Waals surface area contributed by atoms with Crippen LogP contribution in [0, 0.1) is 11.6 Å². The molecule has 0 fully saturated rings. The molecule has 0 saturated heterocycles. The molecular formula is C20H13F5N6O3S. The van der Waals surface area contributed by atoms with Crippen molar-refractivity contribution in [3.63, 3.8) is 0 Å². The number of thiazole rings is 1. The lowest BCUT2D eigenvalue weighted by atomic mass is 10.1. The number of nitrogens with one attached hydrogen (secondary N) is 1. The van der Waals surface area contributed by atoms with Crippen LogP contribution in [0.15, 0.2) is 33.3 Å². The molecule has 9 nitrogen and oxygen atoms in total. The number of alkyl halides is 3. The summed E-state index contributed by atoms with van der Waals surface area (Å²) in [7, 11) is 2.69. The topological polar surface area (TPSA) is 112 Å². The highest BCUT2D eigenvalue weighted by Crippen LogP contribution is 2.38. The van der Waals surface area contributed by atoms with Gasteiger partial charge in [0.2, 0.25) is 5.91 Å². The Morgan fingerprint density at radius 3 is 2.54 bits per heavy atom. The Hall–Kier alpha value is -4.01. The molecule has 0 radical (unpaired) electrons. The maximum absolute atomic E-state index is 14.4. The number of anilines is 1. The zero-order valence-corrected chi connectivity index (χ0v) is 18.6. The van der Waals surface area contributed by atoms with E-state index < -0.39 is 52.5 Å². The van der Waals surface area contributed by atoms with E-state index in [2.05, 4.69) is 20.5 Å². The first kappa shape index (κ1) is 24.1. The minimum Gasteiger partial charge on any atom is -0.302 e. The lowest BCUT2D eigenvalue weighted by molar-refractivity contribution is -0.142. The number of carbonyl (C=O) groups is 1. The summed E-state index contributed by atoms with van der Waals surface area (Å²) in [5, 5.41) is 11.0. The lowest BCUT2D eigenvalue weighted by Gasteiger charge is -2.11. The first-order chi connectivity index (χ1) is 16.4. The number of fused-ring (bicyclic) bond motifs is 1. The second-order valence-corrected chi connectivity index (χ2v) is 8.16. The summed E-state index contributed by atoms with van der Waals surface area (Å²) < 4.78 is 69.0. The van der Waals surface area contributed by atoms with Crippen molar-refractivity contribution in [2.75, 3.05) is 5.32 Å². The normalized spacial score (nSPS) is 11.7. The van der Waals surface area contributed by atoms with E-state index in [1.807, 2.05) is 0 Å². The Bertz CT molecular complexity index is 1610. The molecule has 0 bridgehead atoms. The van der Waals surface area contributed by atoms with E-state index in [0.29, 0.717) is 6.07 Å². The number of aromatic nitrogens is 5. The van der Waals surface area contributed by atoms with Gasteiger partial charge in [-0.2, -0.15) is 23.4 Å². The van der Waals surface area contributed by atoms with Crippen LogP contribution in [-0.4, -0.2) is 30.2 Å². The second-order valence-electron chi connectivity index (χ2n) is 7.30. The molecule has 3 aromatic heterocycles. The summed E-state index contributed by atoms with van der Waals surface area (Å²) in [4.78, 5) is 41.1. The van der Waals surface area contributed by atoms with Gasteiger partial charge >= 0.3 is 11.9 Å². The van der Waals surface area contributed by atoms with Crippen LogP contribution < -0.4 is 16.6 Å². The summed E-state index contributed by atoms with van der Waals surface area (Å²) in [6, 6.07) is 1.29. The van der Waals surface area contributed by atoms with Gasteiger partial charge < -0.3 is 5.32 Å². The SMILES string of the molecule is Cn1c(=O)c2c(CC(=O)Nc3nc(-c4ccc(F)c(C(F)(F)F)c4F)cs3)nncc2n(C)c1=O. The molecule has 0 aliphatic carbocycles. The van der Waals surface area contributed by atoms with E-state index in [4.69, 9.17) is 0 Å². The van der Waals surface area contributed by atoms with E-state index in [1.54, 1.807) is 0 Å². The van der Waals surface area contributed by atoms with Crippen LogP contribution in [0.5, 0.6) is 0 Å². The number of hydrogen-bond acceptors (Lipinski definition) is 7. The smallest absolute Gasteiger partial charge is 0.302 e. The number of nitrogens with zero attached hydrogens (tertiary/aromatic N) is 5. The van der Waals surface area contributed by atoms with Gasteiger partial charge in [-0.25, -0.2) is 18.6 Å². The van der Waals surface area contributed by atoms with Crippen LogP contribution in [0.4, 0.5) is 27.1 Å². The Kier molecular flexibility index (Phi) is 5.96. The van der Waals surface area contributed by atoms with Crippen molar-refractivity contribution in [2.45, 2.75) is 12.6 Å². The van der Waals surface area contributed by atoms with Gasteiger partial charge in [0.1, 0.15) is 17.2 Å². The predicted molar refractivity (Wildman–Crippen MR) is 115 cm³/mol. The fourth-order valence-corrected chi connectivity index (χ4v) is 4.12. The minimum absolute atomic E-state index is 0.00708. The number of amides is 1. The number of benzene rings is 1. The van der Waals surface area contributed by atoms with Crippen LogP contribution in [-0.2, 0) is 31.5 Å². The van der Waals surface area contributed by atoms with Gasteiger partial charge in [0.15, 0.2) is 5.13 Å². The monoisotopic (exact) mass is 512 g/mol. The third kappa shape index (κ3) is 4.29. The van der Waals surface area contributed by atoms with E-state index in [1.165, 1.54) is 30.2 Å². The largest absolute Gasteiger partial charge is 0.422 e. The van der Waals surface area contributed by atoms with Crippen LogP contribution >= 0.6 is 11.3 Å². The van der Waals surface area contributed by atoms with E-state index >= 15 is 0 Å². The van der Waals surface area contributed by atoms with Crippen molar-refractivity contribution in [3.05, 3.63) is 67.4 Å². The molecule has 3 heterocycles. The quantitative estimate of drug-likeness (QED) is 0.421. The molecule has 4 rings (SSSR count). The molecule has 1 aromatic carbocycles. The van der Waals surface area contributed by atoms with Crippen molar-refractivity contribution < 1.29 is 26.7 Å². The highest BCUT2D eigenvalue weighted by atomic mass is 32.1. The highest BCUT2D eigenvalue weighted by Gasteiger charge is 2.39. The van der Waals surface area contributed by atoms with Crippen molar-refractivity contribution in [2.24, 2.45) is 14.1 Å². The van der Waals surface area contributed by atoms with Gasteiger partial charge in [0.05, 0.1) is 34.9 Å². The number of carbonyl (C=O) groups excluding carboxylic acids is 1. The first-order valence-corrected chi connectivity index (χ1v) is 10.5. The first-order valence-electron chi connectivity index (χ1n) is 9.61. The number of hydrogen-bond donors (Lipinski definition) is 1. The summed E-state index contributed by atoms with van der Waals surface area (Å²) in [6.07, 6.45) is -4.49. The molecule has 1 N–H and O–H groups in total. The van der Waals surface area contributed by atoms with Crippen molar-refractivity contribution in [1.82, 2.24) is 24.3 Å². The van der Waals surface area contributed by atoms with Gasteiger partial charge in [0.25, 0.3) is 5.56 Å². The van der Waals surface area contributed by atoms with Crippen molar-refractivity contribution in [3.8, 4) is 11.3 Å². The van der Waals surface area contributed by atoms with Gasteiger partial charge in [-0.15, -0.1) is 11.3 Å². The van der Waals surface area contributed by atoms with Crippen LogP contribution in [0.25, 0.3) is 22.2 Å². The standard InChI is InChI=1S/C20H13F5N6O3S/c1-30-12-6-26-29-10(14(12)17(33)31(2)19(30)34)5-13(32)28-18-27-11(7-35-18)8-3-4-9(21)15(16(8)22)20(23,24)25/h3-4,6-7H,5H2,1-2H3,(H,27,28,32). The molecule has 0 spiro atoms. The zero-order chi connectivity index (χ0) is 25.7. The number of aryl methyl sites for hydroxylation is 1. The lowest BCUT2D eigenvalue weighted by Crippen LogP contribution is -2.37. The van der Waals surface area contributed by atoms with E-state index in [0.717, 1.165) is 22.0 Å². The average Bonchev–Trinajstić information content (AvgIpc) is 3.23. The Balaban J connectivity index is 1.62. The summed E-state index contributed by atoms with van der Waals surface area (Å²) in [5.41, 5.74) is -4.01. The van der Waals surface area contributed by atoms with Crippen LogP contribution in [0.2, 0.25) is 0 Å². The summed E-state index contributed by atoms with van der Waals surface area (Å²) in [6.45, 7) is 0. The molecule has 0 aliphatic rings. The second kappa shape index (κ2) is 8.65. The molecule has 0 aliphatic heterocycles. The number of rotatable bonds is 4. The molecule has 0 saturated carbocycles. The zero-order valence-electron chi connectivity index (χ0n) is 17.8. The van der Waals surface area contributed by atoms with Crippen molar-refractivity contribution >= 4 is 33.3 Å². The van der Waals surface area contributed by atoms with Crippen molar-refractivity contribution in [1.29, 1.82) is 0 Å². The Labute approximate surface area is 195 Å². The average molecular weight is 512 g/mol. The van der Waals surface area contributed by atoms with E-state index in [9.17, 15) is 36.3 Å².